The Hall–Kier alpha value is -2.21. The number of piperidine rings is 2. The van der Waals surface area contributed by atoms with E-state index in [2.05, 4.69) is 9.88 Å². The van der Waals surface area contributed by atoms with Gasteiger partial charge >= 0.3 is 0 Å². The molecule has 2 saturated heterocycles. The van der Waals surface area contributed by atoms with Crippen LogP contribution in [0.2, 0.25) is 0 Å². The predicted molar refractivity (Wildman–Crippen MR) is 115 cm³/mol. The summed E-state index contributed by atoms with van der Waals surface area (Å²) in [6, 6.07) is 10.2. The van der Waals surface area contributed by atoms with E-state index in [0.717, 1.165) is 56.6 Å². The smallest absolute Gasteiger partial charge is 0.227 e. The number of likely N-dealkylation sites (tertiary alicyclic amines) is 2. The number of thiazole rings is 1. The van der Waals surface area contributed by atoms with E-state index < -0.39 is 0 Å². The molecule has 0 unspecified atom stereocenters. The van der Waals surface area contributed by atoms with Crippen LogP contribution in [-0.2, 0) is 22.4 Å². The Kier molecular flexibility index (Phi) is 6.28. The molecule has 0 bridgehead atoms. The molecular formula is C23H29N3O2S. The Bertz CT molecular complexity index is 851. The number of aromatic nitrogens is 1. The van der Waals surface area contributed by atoms with Gasteiger partial charge in [-0.3, -0.25) is 9.59 Å². The minimum Gasteiger partial charge on any atom is -0.342 e. The number of carbonyl (C=O) groups is 2. The second-order valence-corrected chi connectivity index (χ2v) is 9.15. The fourth-order valence-corrected chi connectivity index (χ4v) is 5.53. The van der Waals surface area contributed by atoms with E-state index in [0.29, 0.717) is 24.8 Å². The van der Waals surface area contributed by atoms with Crippen molar-refractivity contribution in [3.63, 3.8) is 0 Å². The van der Waals surface area contributed by atoms with E-state index in [9.17, 15) is 9.59 Å². The van der Waals surface area contributed by atoms with Gasteiger partial charge in [-0.2, -0.15) is 0 Å². The number of fused-ring (bicyclic) bond motifs is 1. The van der Waals surface area contributed by atoms with Gasteiger partial charge in [0, 0.05) is 37.0 Å². The van der Waals surface area contributed by atoms with Crippen LogP contribution in [0.25, 0.3) is 0 Å². The average Bonchev–Trinajstić information content (AvgIpc) is 3.16. The van der Waals surface area contributed by atoms with Gasteiger partial charge in [0.05, 0.1) is 17.6 Å². The molecule has 3 heterocycles. The number of carbonyl (C=O) groups excluding carboxylic acids is 2. The zero-order chi connectivity index (χ0) is 20.2. The highest BCUT2D eigenvalue weighted by molar-refractivity contribution is 7.09. The molecule has 29 heavy (non-hydrogen) atoms. The number of rotatable bonds is 5. The normalized spacial score (nSPS) is 21.7. The summed E-state index contributed by atoms with van der Waals surface area (Å²) in [5.41, 5.74) is 3.97. The monoisotopic (exact) mass is 411 g/mol. The van der Waals surface area contributed by atoms with E-state index in [1.165, 1.54) is 4.88 Å². The summed E-state index contributed by atoms with van der Waals surface area (Å²) in [5.74, 6) is 0.877. The van der Waals surface area contributed by atoms with Crippen molar-refractivity contribution in [3.8, 4) is 0 Å². The van der Waals surface area contributed by atoms with Crippen molar-refractivity contribution in [1.29, 1.82) is 0 Å². The van der Waals surface area contributed by atoms with E-state index in [1.54, 1.807) is 11.3 Å². The van der Waals surface area contributed by atoms with Crippen molar-refractivity contribution >= 4 is 23.2 Å². The van der Waals surface area contributed by atoms with Crippen molar-refractivity contribution in [2.75, 3.05) is 19.6 Å². The molecule has 0 N–H and O–H groups in total. The van der Waals surface area contributed by atoms with Gasteiger partial charge in [0.25, 0.3) is 0 Å². The van der Waals surface area contributed by atoms with Gasteiger partial charge in [-0.15, -0.1) is 11.3 Å². The van der Waals surface area contributed by atoms with Crippen LogP contribution in [0.15, 0.2) is 35.8 Å². The maximum absolute atomic E-state index is 12.9. The topological polar surface area (TPSA) is 53.5 Å². The highest BCUT2D eigenvalue weighted by Crippen LogP contribution is 2.31. The summed E-state index contributed by atoms with van der Waals surface area (Å²) in [7, 11) is 0. The van der Waals surface area contributed by atoms with E-state index in [4.69, 9.17) is 0 Å². The van der Waals surface area contributed by atoms with Crippen molar-refractivity contribution in [3.05, 3.63) is 52.0 Å². The molecular weight excluding hydrogens is 382 g/mol. The van der Waals surface area contributed by atoms with Gasteiger partial charge in [0.1, 0.15) is 0 Å². The standard InChI is InChI=1S/C23H29N3O2S/c1-17-21(29-16-24-17)9-10-22(27)26-12-5-8-19-15-25(13-11-20(19)26)23(28)14-18-6-3-2-4-7-18/h2-4,6-7,16,19-20H,5,8-15H2,1H3/t19-,20+/m1/s1. The van der Waals surface area contributed by atoms with Gasteiger partial charge < -0.3 is 9.80 Å². The molecule has 5 nitrogen and oxygen atoms in total. The number of amides is 2. The Morgan fingerprint density at radius 2 is 1.97 bits per heavy atom. The first-order valence-corrected chi connectivity index (χ1v) is 11.5. The molecule has 2 aliphatic heterocycles. The van der Waals surface area contributed by atoms with Crippen LogP contribution < -0.4 is 0 Å². The van der Waals surface area contributed by atoms with Crippen molar-refractivity contribution in [2.45, 2.75) is 51.5 Å². The Morgan fingerprint density at radius 1 is 1.14 bits per heavy atom. The minimum atomic E-state index is 0.207. The molecule has 1 aromatic carbocycles. The van der Waals surface area contributed by atoms with Crippen LogP contribution >= 0.6 is 11.3 Å². The Balaban J connectivity index is 1.33. The third kappa shape index (κ3) is 4.69. The molecule has 0 radical (unpaired) electrons. The number of aryl methyl sites for hydroxylation is 2. The van der Waals surface area contributed by atoms with E-state index in [1.807, 2.05) is 47.7 Å². The lowest BCUT2D eigenvalue weighted by Gasteiger charge is -2.47. The first-order chi connectivity index (χ1) is 14.1. The van der Waals surface area contributed by atoms with Crippen molar-refractivity contribution in [1.82, 2.24) is 14.8 Å². The summed E-state index contributed by atoms with van der Waals surface area (Å²) < 4.78 is 0. The minimum absolute atomic E-state index is 0.207. The molecule has 2 amide bonds. The Labute approximate surface area is 176 Å². The number of nitrogens with zero attached hydrogens (tertiary/aromatic N) is 3. The molecule has 0 spiro atoms. The van der Waals surface area contributed by atoms with Gasteiger partial charge in [-0.1, -0.05) is 30.3 Å². The lowest BCUT2D eigenvalue weighted by molar-refractivity contribution is -0.141. The van der Waals surface area contributed by atoms with Crippen molar-refractivity contribution < 1.29 is 9.59 Å². The third-order valence-corrected chi connectivity index (χ3v) is 7.34. The zero-order valence-electron chi connectivity index (χ0n) is 17.0. The average molecular weight is 412 g/mol. The van der Waals surface area contributed by atoms with Crippen LogP contribution in [0.5, 0.6) is 0 Å². The molecule has 0 saturated carbocycles. The molecule has 2 fully saturated rings. The highest BCUT2D eigenvalue weighted by atomic mass is 32.1. The van der Waals surface area contributed by atoms with E-state index in [-0.39, 0.29) is 11.8 Å². The lowest BCUT2D eigenvalue weighted by Crippen LogP contribution is -2.56. The van der Waals surface area contributed by atoms with E-state index >= 15 is 0 Å². The maximum Gasteiger partial charge on any atom is 0.227 e. The first kappa shape index (κ1) is 20.1. The summed E-state index contributed by atoms with van der Waals surface area (Å²) in [6.07, 6.45) is 4.85. The maximum atomic E-state index is 12.9. The fourth-order valence-electron chi connectivity index (χ4n) is 4.75. The second kappa shape index (κ2) is 9.08. The van der Waals surface area contributed by atoms with Crippen molar-refractivity contribution in [2.24, 2.45) is 5.92 Å². The Morgan fingerprint density at radius 3 is 2.72 bits per heavy atom. The molecule has 2 aliphatic rings. The fraction of sp³-hybridized carbons (Fsp3) is 0.522. The van der Waals surface area contributed by atoms with Gasteiger partial charge in [0.2, 0.25) is 11.8 Å². The molecule has 6 heteroatoms. The highest BCUT2D eigenvalue weighted by Gasteiger charge is 2.38. The molecule has 4 rings (SSSR count). The molecule has 154 valence electrons. The van der Waals surface area contributed by atoms with Gasteiger partial charge in [-0.05, 0) is 44.1 Å². The first-order valence-electron chi connectivity index (χ1n) is 10.6. The molecule has 2 atom stereocenters. The summed E-state index contributed by atoms with van der Waals surface area (Å²) >= 11 is 1.64. The number of benzene rings is 1. The van der Waals surface area contributed by atoms with Gasteiger partial charge in [-0.25, -0.2) is 4.98 Å². The summed E-state index contributed by atoms with van der Waals surface area (Å²) in [6.45, 7) is 4.41. The molecule has 0 aliphatic carbocycles. The SMILES string of the molecule is Cc1ncsc1CCC(=O)N1CCC[C@@H]2CN(C(=O)Cc3ccccc3)CC[C@@H]21. The lowest BCUT2D eigenvalue weighted by atomic mass is 9.83. The predicted octanol–water partition coefficient (Wildman–Crippen LogP) is 3.47. The molecule has 2 aromatic rings. The largest absolute Gasteiger partial charge is 0.342 e. The second-order valence-electron chi connectivity index (χ2n) is 8.21. The molecule has 1 aromatic heterocycles. The zero-order valence-corrected chi connectivity index (χ0v) is 17.9. The van der Waals surface area contributed by atoms with Crippen LogP contribution in [0.3, 0.4) is 0 Å². The van der Waals surface area contributed by atoms with Crippen LogP contribution in [0.4, 0.5) is 0 Å². The third-order valence-electron chi connectivity index (χ3n) is 6.35. The summed E-state index contributed by atoms with van der Waals surface area (Å²) in [4.78, 5) is 35.3. The van der Waals surface area contributed by atoms with Crippen LogP contribution in [-0.4, -0.2) is 52.3 Å². The quantitative estimate of drug-likeness (QED) is 0.757. The van der Waals surface area contributed by atoms with Crippen LogP contribution in [0.1, 0.15) is 41.8 Å². The summed E-state index contributed by atoms with van der Waals surface area (Å²) in [5, 5.41) is 0. The number of hydrogen-bond acceptors (Lipinski definition) is 4. The number of hydrogen-bond donors (Lipinski definition) is 0. The van der Waals surface area contributed by atoms with Gasteiger partial charge in [0.15, 0.2) is 0 Å². The van der Waals surface area contributed by atoms with Crippen LogP contribution in [0, 0.1) is 12.8 Å².